The molecule has 0 atom stereocenters. The molecule has 0 radical (unpaired) electrons. The maximum Gasteiger partial charge on any atom is 0.103 e. The molecule has 0 aromatic carbocycles. The summed E-state index contributed by atoms with van der Waals surface area (Å²) >= 11 is 3.09. The lowest BCUT2D eigenvalue weighted by atomic mass is 10.2. The number of H-pyrrole nitrogens is 1. The maximum atomic E-state index is 8.47. The van der Waals surface area contributed by atoms with E-state index in [9.17, 15) is 0 Å². The van der Waals surface area contributed by atoms with Gasteiger partial charge in [-0.25, -0.2) is 0 Å². The molecule has 0 aliphatic carbocycles. The van der Waals surface area contributed by atoms with E-state index in [1.54, 1.807) is 0 Å². The van der Waals surface area contributed by atoms with Gasteiger partial charge in [-0.2, -0.15) is 10.5 Å². The molecule has 1 aromatic rings. The Morgan fingerprint density at radius 1 is 1.40 bits per heavy atom. The van der Waals surface area contributed by atoms with Crippen molar-refractivity contribution in [2.24, 2.45) is 0 Å². The maximum absolute atomic E-state index is 8.47. The van der Waals surface area contributed by atoms with Crippen LogP contribution in [-0.4, -0.2) is 4.98 Å². The molecule has 10 heavy (non-hydrogen) atoms. The van der Waals surface area contributed by atoms with Crippen LogP contribution in [0, 0.1) is 22.7 Å². The van der Waals surface area contributed by atoms with Crippen LogP contribution in [0.4, 0.5) is 0 Å². The number of hydrogen-bond donors (Lipinski definition) is 1. The lowest BCUT2D eigenvalue weighted by Gasteiger charge is -1.79. The molecule has 0 amide bonds. The van der Waals surface area contributed by atoms with Gasteiger partial charge >= 0.3 is 0 Å². The third-order valence-corrected chi connectivity index (χ3v) is 1.69. The number of nitriles is 2. The van der Waals surface area contributed by atoms with E-state index in [1.807, 2.05) is 12.1 Å². The van der Waals surface area contributed by atoms with Crippen molar-refractivity contribution in [3.63, 3.8) is 0 Å². The smallest absolute Gasteiger partial charge is 0.103 e. The molecule has 4 heteroatoms. The highest BCUT2D eigenvalue weighted by Crippen LogP contribution is 2.16. The van der Waals surface area contributed by atoms with Crippen LogP contribution in [0.25, 0.3) is 0 Å². The van der Waals surface area contributed by atoms with Crippen molar-refractivity contribution in [2.75, 3.05) is 0 Å². The van der Waals surface area contributed by atoms with Crippen molar-refractivity contribution in [3.05, 3.63) is 21.9 Å². The monoisotopic (exact) mass is 195 g/mol. The number of nitrogens with zero attached hydrogens (tertiary/aromatic N) is 2. The van der Waals surface area contributed by atoms with Crippen molar-refractivity contribution in [1.82, 2.24) is 4.98 Å². The molecule has 1 rings (SSSR count). The highest BCUT2D eigenvalue weighted by molar-refractivity contribution is 9.10. The molecule has 0 saturated heterocycles. The first-order chi connectivity index (χ1) is 4.79. The molecule has 1 heterocycles. The summed E-state index contributed by atoms with van der Waals surface area (Å²) < 4.78 is 0.562. The van der Waals surface area contributed by atoms with Gasteiger partial charge in [0, 0.05) is 6.20 Å². The Balaban J connectivity index is 3.34. The van der Waals surface area contributed by atoms with Crippen molar-refractivity contribution < 1.29 is 0 Å². The number of aromatic amines is 1. The first-order valence-electron chi connectivity index (χ1n) is 2.46. The second-order valence-corrected chi connectivity index (χ2v) is 2.41. The van der Waals surface area contributed by atoms with Crippen LogP contribution in [0.3, 0.4) is 0 Å². The molecule has 1 N–H and O–H groups in total. The number of nitrogens with one attached hydrogen (secondary N) is 1. The SMILES string of the molecule is N#Cc1c[nH]c(Br)c1C#N. The average Bonchev–Trinajstić information content (AvgIpc) is 2.30. The Labute approximate surface area is 66.0 Å². The zero-order chi connectivity index (χ0) is 7.56. The van der Waals surface area contributed by atoms with E-state index >= 15 is 0 Å². The summed E-state index contributed by atoms with van der Waals surface area (Å²) in [6, 6.07) is 3.78. The topological polar surface area (TPSA) is 63.4 Å². The quantitative estimate of drug-likeness (QED) is 0.683. The number of rotatable bonds is 0. The van der Waals surface area contributed by atoms with E-state index in [1.165, 1.54) is 6.20 Å². The molecular formula is C6H2BrN3. The lowest BCUT2D eigenvalue weighted by molar-refractivity contribution is 1.34. The van der Waals surface area contributed by atoms with Gasteiger partial charge < -0.3 is 4.98 Å². The fourth-order valence-electron chi connectivity index (χ4n) is 0.596. The Morgan fingerprint density at radius 2 is 2.10 bits per heavy atom. The largest absolute Gasteiger partial charge is 0.354 e. The van der Waals surface area contributed by atoms with E-state index in [4.69, 9.17) is 10.5 Å². The van der Waals surface area contributed by atoms with Crippen LogP contribution in [-0.2, 0) is 0 Å². The fraction of sp³-hybridized carbons (Fsp3) is 0. The minimum absolute atomic E-state index is 0.363. The summed E-state index contributed by atoms with van der Waals surface area (Å²) in [5, 5.41) is 16.9. The summed E-state index contributed by atoms with van der Waals surface area (Å²) in [7, 11) is 0. The highest BCUT2D eigenvalue weighted by atomic mass is 79.9. The zero-order valence-electron chi connectivity index (χ0n) is 4.85. The first-order valence-corrected chi connectivity index (χ1v) is 3.26. The minimum atomic E-state index is 0.363. The van der Waals surface area contributed by atoms with Gasteiger partial charge in [0.2, 0.25) is 0 Å². The molecule has 0 unspecified atom stereocenters. The Hall–Kier alpha value is -1.26. The van der Waals surface area contributed by atoms with Gasteiger partial charge in [-0.15, -0.1) is 0 Å². The van der Waals surface area contributed by atoms with E-state index in [2.05, 4.69) is 20.9 Å². The van der Waals surface area contributed by atoms with Gasteiger partial charge in [0.05, 0.1) is 5.56 Å². The molecule has 0 bridgehead atoms. The van der Waals surface area contributed by atoms with Crippen LogP contribution in [0.5, 0.6) is 0 Å². The van der Waals surface area contributed by atoms with Gasteiger partial charge in [-0.05, 0) is 15.9 Å². The molecule has 0 spiro atoms. The molecule has 0 fully saturated rings. The molecule has 48 valence electrons. The van der Waals surface area contributed by atoms with E-state index < -0.39 is 0 Å². The molecule has 0 aliphatic rings. The summed E-state index contributed by atoms with van der Waals surface area (Å²) in [5.41, 5.74) is 0.733. The fourth-order valence-corrected chi connectivity index (χ4v) is 1.01. The predicted molar refractivity (Wildman–Crippen MR) is 37.9 cm³/mol. The standard InChI is InChI=1S/C6H2BrN3/c7-6-5(2-9)4(1-8)3-10-6/h3,10H. The van der Waals surface area contributed by atoms with Crippen molar-refractivity contribution in [2.45, 2.75) is 0 Å². The van der Waals surface area contributed by atoms with Crippen molar-refractivity contribution in [1.29, 1.82) is 10.5 Å². The molecule has 1 aromatic heterocycles. The summed E-state index contributed by atoms with van der Waals surface area (Å²) in [6.45, 7) is 0. The minimum Gasteiger partial charge on any atom is -0.354 e. The molecular weight excluding hydrogens is 194 g/mol. The first kappa shape index (κ1) is 6.85. The van der Waals surface area contributed by atoms with E-state index in [0.29, 0.717) is 15.7 Å². The van der Waals surface area contributed by atoms with Crippen LogP contribution in [0.1, 0.15) is 11.1 Å². The normalized spacial score (nSPS) is 8.30. The van der Waals surface area contributed by atoms with Gasteiger partial charge in [0.25, 0.3) is 0 Å². The van der Waals surface area contributed by atoms with Gasteiger partial charge in [0.15, 0.2) is 0 Å². The number of aromatic nitrogens is 1. The lowest BCUT2D eigenvalue weighted by Crippen LogP contribution is -1.73. The summed E-state index contributed by atoms with van der Waals surface area (Å²) in [6.07, 6.45) is 1.49. The number of halogens is 1. The Morgan fingerprint density at radius 3 is 2.50 bits per heavy atom. The van der Waals surface area contributed by atoms with Gasteiger partial charge in [0.1, 0.15) is 22.3 Å². The number of hydrogen-bond acceptors (Lipinski definition) is 2. The van der Waals surface area contributed by atoms with E-state index in [0.717, 1.165) is 0 Å². The Bertz CT molecular complexity index is 326. The van der Waals surface area contributed by atoms with Crippen molar-refractivity contribution in [3.8, 4) is 12.1 Å². The second-order valence-electron chi connectivity index (χ2n) is 1.61. The van der Waals surface area contributed by atoms with Gasteiger partial charge in [-0.3, -0.25) is 0 Å². The third kappa shape index (κ3) is 0.896. The predicted octanol–water partition coefficient (Wildman–Crippen LogP) is 1.52. The van der Waals surface area contributed by atoms with Crippen LogP contribution in [0.15, 0.2) is 10.8 Å². The highest BCUT2D eigenvalue weighted by Gasteiger charge is 2.06. The van der Waals surface area contributed by atoms with E-state index in [-0.39, 0.29) is 0 Å². The van der Waals surface area contributed by atoms with Crippen LogP contribution < -0.4 is 0 Å². The van der Waals surface area contributed by atoms with Crippen LogP contribution >= 0.6 is 15.9 Å². The molecule has 0 saturated carbocycles. The van der Waals surface area contributed by atoms with Gasteiger partial charge in [-0.1, -0.05) is 0 Å². The zero-order valence-corrected chi connectivity index (χ0v) is 6.44. The molecule has 3 nitrogen and oxygen atoms in total. The summed E-state index contributed by atoms with van der Waals surface area (Å²) in [4.78, 5) is 2.71. The average molecular weight is 196 g/mol. The van der Waals surface area contributed by atoms with Crippen molar-refractivity contribution >= 4 is 15.9 Å². The third-order valence-electron chi connectivity index (χ3n) is 1.06. The second kappa shape index (κ2) is 2.55. The summed E-state index contributed by atoms with van der Waals surface area (Å²) in [5.74, 6) is 0. The van der Waals surface area contributed by atoms with Crippen LogP contribution in [0.2, 0.25) is 0 Å². The Kier molecular flexibility index (Phi) is 1.75. The molecule has 0 aliphatic heterocycles.